The van der Waals surface area contributed by atoms with E-state index in [-0.39, 0.29) is 11.3 Å². The third-order valence-electron chi connectivity index (χ3n) is 3.18. The molecule has 0 saturated heterocycles. The third kappa shape index (κ3) is 2.73. The van der Waals surface area contributed by atoms with E-state index < -0.39 is 5.56 Å². The lowest BCUT2D eigenvalue weighted by Gasteiger charge is -2.06. The summed E-state index contributed by atoms with van der Waals surface area (Å²) in [5.41, 5.74) is 0.654. The van der Waals surface area contributed by atoms with Crippen LogP contribution in [0, 0.1) is 11.3 Å². The Morgan fingerprint density at radius 3 is 2.82 bits per heavy atom. The molecule has 110 valence electrons. The van der Waals surface area contributed by atoms with Crippen LogP contribution in [-0.4, -0.2) is 25.8 Å². The third-order valence-corrected chi connectivity index (χ3v) is 3.18. The van der Waals surface area contributed by atoms with E-state index in [1.165, 1.54) is 17.0 Å². The maximum atomic E-state index is 12.1. The van der Waals surface area contributed by atoms with Crippen molar-refractivity contribution in [2.24, 2.45) is 0 Å². The van der Waals surface area contributed by atoms with Crippen LogP contribution in [0.5, 0.6) is 0 Å². The maximum absolute atomic E-state index is 12.1. The van der Waals surface area contributed by atoms with Gasteiger partial charge in [-0.1, -0.05) is 30.3 Å². The molecule has 0 radical (unpaired) electrons. The average molecular weight is 295 g/mol. The van der Waals surface area contributed by atoms with Crippen LogP contribution >= 0.6 is 0 Å². The van der Waals surface area contributed by atoms with Gasteiger partial charge in [0.15, 0.2) is 0 Å². The molecular formula is C15H13N5O2. The largest absolute Gasteiger partial charge is 0.375 e. The van der Waals surface area contributed by atoms with Crippen molar-refractivity contribution in [3.05, 3.63) is 64.3 Å². The lowest BCUT2D eigenvalue weighted by Crippen LogP contribution is -2.24. The molecule has 0 spiro atoms. The number of hydrogen-bond acceptors (Lipinski definition) is 5. The van der Waals surface area contributed by atoms with E-state index in [1.54, 1.807) is 4.68 Å². The van der Waals surface area contributed by atoms with Gasteiger partial charge in [-0.05, 0) is 5.56 Å². The number of benzene rings is 1. The summed E-state index contributed by atoms with van der Waals surface area (Å²) in [6.45, 7) is 1.37. The van der Waals surface area contributed by atoms with Crippen LogP contribution in [0.4, 0.5) is 0 Å². The summed E-state index contributed by atoms with van der Waals surface area (Å²) in [4.78, 5) is 20.1. The molecule has 0 amide bonds. The van der Waals surface area contributed by atoms with E-state index in [0.29, 0.717) is 19.8 Å². The minimum atomic E-state index is -0.423. The minimum Gasteiger partial charge on any atom is -0.375 e. The van der Waals surface area contributed by atoms with Gasteiger partial charge in [0.25, 0.3) is 11.3 Å². The number of fused-ring (bicyclic) bond motifs is 1. The van der Waals surface area contributed by atoms with Crippen LogP contribution in [-0.2, 0) is 17.9 Å². The summed E-state index contributed by atoms with van der Waals surface area (Å²) in [5.74, 6) is 0.270. The number of nitriles is 1. The summed E-state index contributed by atoms with van der Waals surface area (Å²) in [6.07, 6.45) is 2.75. The van der Waals surface area contributed by atoms with Crippen LogP contribution in [0.3, 0.4) is 0 Å². The molecule has 0 N–H and O–H groups in total. The molecule has 0 unspecified atom stereocenters. The highest BCUT2D eigenvalue weighted by atomic mass is 16.5. The Balaban J connectivity index is 1.70. The Hall–Kier alpha value is -2.98. The zero-order valence-corrected chi connectivity index (χ0v) is 11.7. The average Bonchev–Trinajstić information content (AvgIpc) is 2.97. The second kappa shape index (κ2) is 6.20. The molecule has 0 saturated carbocycles. The molecule has 7 nitrogen and oxygen atoms in total. The normalized spacial score (nSPS) is 10.7. The van der Waals surface area contributed by atoms with Crippen molar-refractivity contribution in [2.45, 2.75) is 13.2 Å². The zero-order valence-electron chi connectivity index (χ0n) is 11.7. The monoisotopic (exact) mass is 295 g/mol. The molecular weight excluding hydrogens is 282 g/mol. The van der Waals surface area contributed by atoms with Crippen LogP contribution in [0.2, 0.25) is 0 Å². The zero-order chi connectivity index (χ0) is 15.4. The first-order valence-corrected chi connectivity index (χ1v) is 6.74. The van der Waals surface area contributed by atoms with E-state index in [9.17, 15) is 4.79 Å². The van der Waals surface area contributed by atoms with Gasteiger partial charge in [-0.2, -0.15) is 14.8 Å². The van der Waals surface area contributed by atoms with Crippen molar-refractivity contribution in [1.82, 2.24) is 19.2 Å². The number of ether oxygens (including phenoxy) is 1. The Morgan fingerprint density at radius 2 is 2.05 bits per heavy atom. The van der Waals surface area contributed by atoms with E-state index >= 15 is 0 Å². The van der Waals surface area contributed by atoms with Gasteiger partial charge in [0.1, 0.15) is 18.0 Å². The molecule has 2 aromatic heterocycles. The van der Waals surface area contributed by atoms with Crippen molar-refractivity contribution >= 4 is 5.78 Å². The lowest BCUT2D eigenvalue weighted by molar-refractivity contribution is 0.109. The molecule has 3 aromatic rings. The molecule has 22 heavy (non-hydrogen) atoms. The second-order valence-corrected chi connectivity index (χ2v) is 4.65. The lowest BCUT2D eigenvalue weighted by atomic mass is 10.2. The van der Waals surface area contributed by atoms with E-state index in [2.05, 4.69) is 9.97 Å². The molecule has 0 aliphatic rings. The Labute approximate surface area is 126 Å². The SMILES string of the molecule is N#Cc1cnc2ncn(CCOCc3ccccc3)n2c1=O. The summed E-state index contributed by atoms with van der Waals surface area (Å²) in [6, 6.07) is 11.7. The molecule has 0 aliphatic carbocycles. The van der Waals surface area contributed by atoms with Gasteiger partial charge in [-0.3, -0.25) is 9.48 Å². The predicted molar refractivity (Wildman–Crippen MR) is 78.1 cm³/mol. The Bertz CT molecular complexity index is 876. The Morgan fingerprint density at radius 1 is 1.23 bits per heavy atom. The first-order chi connectivity index (χ1) is 10.8. The molecule has 0 aliphatic heterocycles. The predicted octanol–water partition coefficient (Wildman–Crippen LogP) is 0.979. The van der Waals surface area contributed by atoms with Crippen molar-refractivity contribution < 1.29 is 4.74 Å². The molecule has 0 atom stereocenters. The molecule has 2 heterocycles. The van der Waals surface area contributed by atoms with Gasteiger partial charge in [-0.25, -0.2) is 4.98 Å². The Kier molecular flexibility index (Phi) is 3.94. The van der Waals surface area contributed by atoms with Crippen LogP contribution in [0.15, 0.2) is 47.7 Å². The van der Waals surface area contributed by atoms with E-state index in [4.69, 9.17) is 10.00 Å². The standard InChI is InChI=1S/C15H13N5O2/c16-8-13-9-17-15-18-11-19(20(15)14(13)21)6-7-22-10-12-4-2-1-3-5-12/h1-5,9,11H,6-7,10H2. The minimum absolute atomic E-state index is 0.00976. The quantitative estimate of drug-likeness (QED) is 0.655. The van der Waals surface area contributed by atoms with Crippen LogP contribution in [0.25, 0.3) is 5.78 Å². The van der Waals surface area contributed by atoms with Gasteiger partial charge in [0.05, 0.1) is 26.0 Å². The second-order valence-electron chi connectivity index (χ2n) is 4.65. The number of rotatable bonds is 5. The topological polar surface area (TPSA) is 85.2 Å². The summed E-state index contributed by atoms with van der Waals surface area (Å²) >= 11 is 0. The van der Waals surface area contributed by atoms with Gasteiger partial charge in [0.2, 0.25) is 0 Å². The maximum Gasteiger partial charge on any atom is 0.292 e. The van der Waals surface area contributed by atoms with E-state index in [1.807, 2.05) is 36.4 Å². The summed E-state index contributed by atoms with van der Waals surface area (Å²) in [5, 5.41) is 8.89. The number of hydrogen-bond donors (Lipinski definition) is 0. The van der Waals surface area contributed by atoms with Crippen molar-refractivity contribution in [3.63, 3.8) is 0 Å². The fraction of sp³-hybridized carbons (Fsp3) is 0.200. The van der Waals surface area contributed by atoms with Gasteiger partial charge in [-0.15, -0.1) is 0 Å². The molecule has 0 bridgehead atoms. The number of aromatic nitrogens is 4. The first kappa shape index (κ1) is 14.0. The van der Waals surface area contributed by atoms with Gasteiger partial charge in [0, 0.05) is 0 Å². The highest BCUT2D eigenvalue weighted by molar-refractivity contribution is 5.31. The van der Waals surface area contributed by atoms with E-state index in [0.717, 1.165) is 5.56 Å². The molecule has 1 aromatic carbocycles. The summed E-state index contributed by atoms with van der Waals surface area (Å²) < 4.78 is 8.46. The number of nitrogens with zero attached hydrogens (tertiary/aromatic N) is 5. The fourth-order valence-electron chi connectivity index (χ4n) is 2.08. The van der Waals surface area contributed by atoms with Crippen molar-refractivity contribution in [1.29, 1.82) is 5.26 Å². The molecule has 3 rings (SSSR count). The first-order valence-electron chi connectivity index (χ1n) is 6.74. The smallest absolute Gasteiger partial charge is 0.292 e. The molecule has 7 heteroatoms. The van der Waals surface area contributed by atoms with Gasteiger partial charge >= 0.3 is 0 Å². The van der Waals surface area contributed by atoms with Crippen molar-refractivity contribution in [3.8, 4) is 6.07 Å². The highest BCUT2D eigenvalue weighted by Gasteiger charge is 2.09. The van der Waals surface area contributed by atoms with Crippen molar-refractivity contribution in [2.75, 3.05) is 6.61 Å². The van der Waals surface area contributed by atoms with Crippen LogP contribution < -0.4 is 5.56 Å². The summed E-state index contributed by atoms with van der Waals surface area (Å²) in [7, 11) is 0. The molecule has 0 fully saturated rings. The van der Waals surface area contributed by atoms with Crippen LogP contribution in [0.1, 0.15) is 11.1 Å². The fourth-order valence-corrected chi connectivity index (χ4v) is 2.08. The highest BCUT2D eigenvalue weighted by Crippen LogP contribution is 2.01. The van der Waals surface area contributed by atoms with Gasteiger partial charge < -0.3 is 4.74 Å².